The van der Waals surface area contributed by atoms with Crippen molar-refractivity contribution >= 4 is 5.97 Å². The summed E-state index contributed by atoms with van der Waals surface area (Å²) in [5.41, 5.74) is 1.63. The summed E-state index contributed by atoms with van der Waals surface area (Å²) in [6.07, 6.45) is 2.92. The van der Waals surface area contributed by atoms with E-state index in [4.69, 9.17) is 0 Å². The van der Waals surface area contributed by atoms with E-state index in [1.165, 1.54) is 5.56 Å². The topological polar surface area (TPSA) is 49.3 Å². The Morgan fingerprint density at radius 1 is 1.33 bits per heavy atom. The standard InChI is InChI=1S/C18H27NO2/c1-13(2)9-14(17(20)21)12-19-16-10-18(3,11-16)15-7-5-4-6-8-15/h4-8,13-14,16,19H,9-12H2,1-3H3,(H,20,21). The second-order valence-corrected chi connectivity index (χ2v) is 7.10. The molecule has 1 saturated carbocycles. The van der Waals surface area contributed by atoms with E-state index in [1.807, 2.05) is 6.07 Å². The van der Waals surface area contributed by atoms with Gasteiger partial charge >= 0.3 is 5.97 Å². The Bertz CT molecular complexity index is 463. The highest BCUT2D eigenvalue weighted by molar-refractivity contribution is 5.70. The van der Waals surface area contributed by atoms with Gasteiger partial charge in [0.05, 0.1) is 5.92 Å². The van der Waals surface area contributed by atoms with Crippen LogP contribution in [0.2, 0.25) is 0 Å². The van der Waals surface area contributed by atoms with Crippen molar-refractivity contribution in [3.05, 3.63) is 35.9 Å². The predicted octanol–water partition coefficient (Wildman–Crippen LogP) is 3.44. The Kier molecular flexibility index (Phi) is 5.04. The molecule has 0 amide bonds. The number of carboxylic acid groups (broad SMARTS) is 1. The van der Waals surface area contributed by atoms with Gasteiger partial charge in [0.15, 0.2) is 0 Å². The van der Waals surface area contributed by atoms with E-state index in [0.29, 0.717) is 18.5 Å². The van der Waals surface area contributed by atoms with Gasteiger partial charge in [-0.2, -0.15) is 0 Å². The van der Waals surface area contributed by atoms with Gasteiger partial charge in [-0.1, -0.05) is 51.1 Å². The molecule has 0 spiro atoms. The van der Waals surface area contributed by atoms with Crippen molar-refractivity contribution in [1.29, 1.82) is 0 Å². The Hall–Kier alpha value is -1.35. The fraction of sp³-hybridized carbons (Fsp3) is 0.611. The van der Waals surface area contributed by atoms with Gasteiger partial charge in [-0.15, -0.1) is 0 Å². The van der Waals surface area contributed by atoms with Crippen molar-refractivity contribution in [3.8, 4) is 0 Å². The van der Waals surface area contributed by atoms with Gasteiger partial charge in [0, 0.05) is 12.6 Å². The van der Waals surface area contributed by atoms with Crippen LogP contribution in [0.15, 0.2) is 30.3 Å². The van der Waals surface area contributed by atoms with Gasteiger partial charge in [0.1, 0.15) is 0 Å². The highest BCUT2D eigenvalue weighted by Crippen LogP contribution is 2.43. The first kappa shape index (κ1) is 16.0. The number of nitrogens with one attached hydrogen (secondary N) is 1. The van der Waals surface area contributed by atoms with Crippen LogP contribution in [0.4, 0.5) is 0 Å². The van der Waals surface area contributed by atoms with Crippen LogP contribution in [0, 0.1) is 11.8 Å². The number of rotatable bonds is 7. The van der Waals surface area contributed by atoms with Crippen LogP contribution in [-0.2, 0) is 10.2 Å². The molecule has 0 bridgehead atoms. The van der Waals surface area contributed by atoms with E-state index in [2.05, 4.69) is 50.4 Å². The first-order valence-electron chi connectivity index (χ1n) is 7.92. The number of hydrogen-bond donors (Lipinski definition) is 2. The molecule has 0 radical (unpaired) electrons. The van der Waals surface area contributed by atoms with Crippen LogP contribution >= 0.6 is 0 Å². The Morgan fingerprint density at radius 2 is 1.95 bits per heavy atom. The third-order valence-electron chi connectivity index (χ3n) is 4.62. The zero-order chi connectivity index (χ0) is 15.5. The molecule has 0 aromatic heterocycles. The molecule has 2 N–H and O–H groups in total. The molecule has 1 aromatic rings. The highest BCUT2D eigenvalue weighted by atomic mass is 16.4. The molecule has 3 heteroatoms. The van der Waals surface area contributed by atoms with E-state index in [0.717, 1.165) is 19.3 Å². The molecule has 0 saturated heterocycles. The lowest BCUT2D eigenvalue weighted by molar-refractivity contribution is -0.142. The van der Waals surface area contributed by atoms with Gasteiger partial charge in [-0.05, 0) is 36.2 Å². The number of hydrogen-bond acceptors (Lipinski definition) is 2. The molecule has 1 unspecified atom stereocenters. The monoisotopic (exact) mass is 289 g/mol. The molecule has 0 aliphatic heterocycles. The SMILES string of the molecule is CC(C)CC(CNC1CC(C)(c2ccccc2)C1)C(=O)O. The zero-order valence-electron chi connectivity index (χ0n) is 13.3. The van der Waals surface area contributed by atoms with Gasteiger partial charge in [-0.25, -0.2) is 0 Å². The summed E-state index contributed by atoms with van der Waals surface area (Å²) in [7, 11) is 0. The molecule has 1 fully saturated rings. The minimum atomic E-state index is -0.679. The molecule has 0 heterocycles. The lowest BCUT2D eigenvalue weighted by Crippen LogP contribution is -2.51. The summed E-state index contributed by atoms with van der Waals surface area (Å²) in [6, 6.07) is 11.0. The maximum Gasteiger partial charge on any atom is 0.307 e. The predicted molar refractivity (Wildman–Crippen MR) is 85.4 cm³/mol. The number of carbonyl (C=O) groups is 1. The first-order valence-corrected chi connectivity index (χ1v) is 7.92. The molecule has 1 atom stereocenters. The van der Waals surface area contributed by atoms with E-state index in [-0.39, 0.29) is 11.3 Å². The molecular weight excluding hydrogens is 262 g/mol. The Balaban J connectivity index is 1.81. The summed E-state index contributed by atoms with van der Waals surface area (Å²) in [4.78, 5) is 11.3. The quantitative estimate of drug-likeness (QED) is 0.808. The maximum absolute atomic E-state index is 11.3. The fourth-order valence-corrected chi connectivity index (χ4v) is 3.40. The summed E-state index contributed by atoms with van der Waals surface area (Å²) in [5, 5.41) is 12.7. The van der Waals surface area contributed by atoms with Crippen molar-refractivity contribution in [2.45, 2.75) is 51.5 Å². The summed E-state index contributed by atoms with van der Waals surface area (Å²) < 4.78 is 0. The smallest absolute Gasteiger partial charge is 0.307 e. The number of benzene rings is 1. The van der Waals surface area contributed by atoms with E-state index < -0.39 is 5.97 Å². The second-order valence-electron chi connectivity index (χ2n) is 7.10. The molecule has 116 valence electrons. The Morgan fingerprint density at radius 3 is 2.48 bits per heavy atom. The molecule has 3 nitrogen and oxygen atoms in total. The molecule has 1 aliphatic rings. The fourth-order valence-electron chi connectivity index (χ4n) is 3.40. The third kappa shape index (κ3) is 4.07. The van der Waals surface area contributed by atoms with E-state index >= 15 is 0 Å². The summed E-state index contributed by atoms with van der Waals surface area (Å²) >= 11 is 0. The van der Waals surface area contributed by atoms with E-state index in [1.54, 1.807) is 0 Å². The Labute approximate surface area is 127 Å². The van der Waals surface area contributed by atoms with Gasteiger partial charge in [-0.3, -0.25) is 4.79 Å². The zero-order valence-corrected chi connectivity index (χ0v) is 13.3. The van der Waals surface area contributed by atoms with Crippen LogP contribution in [0.25, 0.3) is 0 Å². The van der Waals surface area contributed by atoms with Crippen LogP contribution in [0.5, 0.6) is 0 Å². The average molecular weight is 289 g/mol. The lowest BCUT2D eigenvalue weighted by Gasteiger charge is -2.46. The molecule has 1 aromatic carbocycles. The third-order valence-corrected chi connectivity index (χ3v) is 4.62. The van der Waals surface area contributed by atoms with E-state index in [9.17, 15) is 9.90 Å². The van der Waals surface area contributed by atoms with Crippen molar-refractivity contribution in [3.63, 3.8) is 0 Å². The molecule has 2 rings (SSSR count). The van der Waals surface area contributed by atoms with Crippen LogP contribution in [0.1, 0.15) is 45.6 Å². The van der Waals surface area contributed by atoms with Gasteiger partial charge < -0.3 is 10.4 Å². The lowest BCUT2D eigenvalue weighted by atomic mass is 9.63. The first-order chi connectivity index (χ1) is 9.90. The highest BCUT2D eigenvalue weighted by Gasteiger charge is 2.41. The minimum absolute atomic E-state index is 0.246. The van der Waals surface area contributed by atoms with Crippen molar-refractivity contribution in [2.75, 3.05) is 6.54 Å². The largest absolute Gasteiger partial charge is 0.481 e. The van der Waals surface area contributed by atoms with Gasteiger partial charge in [0.25, 0.3) is 0 Å². The second kappa shape index (κ2) is 6.61. The van der Waals surface area contributed by atoms with Gasteiger partial charge in [0.2, 0.25) is 0 Å². The van der Waals surface area contributed by atoms with Crippen LogP contribution < -0.4 is 5.32 Å². The van der Waals surface area contributed by atoms with Crippen molar-refractivity contribution in [1.82, 2.24) is 5.32 Å². The normalized spacial score (nSPS) is 26.4. The van der Waals surface area contributed by atoms with Crippen LogP contribution in [0.3, 0.4) is 0 Å². The average Bonchev–Trinajstić information content (AvgIpc) is 2.41. The summed E-state index contributed by atoms with van der Waals surface area (Å²) in [5.74, 6) is -0.529. The minimum Gasteiger partial charge on any atom is -0.481 e. The number of aliphatic carboxylic acids is 1. The maximum atomic E-state index is 11.3. The molecule has 1 aliphatic carbocycles. The summed E-state index contributed by atoms with van der Waals surface area (Å²) in [6.45, 7) is 7.03. The van der Waals surface area contributed by atoms with Crippen molar-refractivity contribution in [2.24, 2.45) is 11.8 Å². The number of carboxylic acids is 1. The van der Waals surface area contributed by atoms with Crippen LogP contribution in [-0.4, -0.2) is 23.7 Å². The molecular formula is C18H27NO2. The molecule has 21 heavy (non-hydrogen) atoms. The van der Waals surface area contributed by atoms with Crippen molar-refractivity contribution < 1.29 is 9.90 Å².